The van der Waals surface area contributed by atoms with Crippen LogP contribution in [0.1, 0.15) is 12.6 Å². The van der Waals surface area contributed by atoms with Gasteiger partial charge in [0.1, 0.15) is 5.82 Å². The van der Waals surface area contributed by atoms with Crippen molar-refractivity contribution in [2.75, 3.05) is 10.6 Å². The smallest absolute Gasteiger partial charge is 0.305 e. The lowest BCUT2D eigenvalue weighted by molar-refractivity contribution is 0.262. The minimum Gasteiger partial charge on any atom is -0.305 e. The van der Waals surface area contributed by atoms with Crippen LogP contribution in [0.15, 0.2) is 18.5 Å². The van der Waals surface area contributed by atoms with E-state index in [0.717, 1.165) is 12.2 Å². The average molecular weight is 248 g/mol. The maximum atomic E-state index is 11.7. The molecule has 0 aliphatic heterocycles. The molecule has 7 heteroatoms. The zero-order chi connectivity index (χ0) is 13.1. The van der Waals surface area contributed by atoms with Gasteiger partial charge < -0.3 is 5.32 Å². The molecule has 0 aromatic carbocycles. The Bertz CT molecular complexity index is 556. The maximum Gasteiger partial charge on any atom is 0.324 e. The first-order valence-corrected chi connectivity index (χ1v) is 5.69. The number of aryl methyl sites for hydroxylation is 3. The Morgan fingerprint density at radius 1 is 1.44 bits per heavy atom. The van der Waals surface area contributed by atoms with Crippen LogP contribution in [0, 0.1) is 6.92 Å². The number of nitrogens with one attached hydrogen (secondary N) is 2. The van der Waals surface area contributed by atoms with Crippen molar-refractivity contribution in [1.29, 1.82) is 0 Å². The fraction of sp³-hybridized carbons (Fsp3) is 0.364. The van der Waals surface area contributed by atoms with Crippen molar-refractivity contribution in [3.8, 4) is 0 Å². The number of hydrogen-bond donors (Lipinski definition) is 2. The Kier molecular flexibility index (Phi) is 3.31. The van der Waals surface area contributed by atoms with Crippen LogP contribution in [0.2, 0.25) is 0 Å². The molecule has 0 fully saturated rings. The minimum atomic E-state index is -0.311. The van der Waals surface area contributed by atoms with Gasteiger partial charge in [-0.25, -0.2) is 4.79 Å². The first-order chi connectivity index (χ1) is 8.58. The maximum absolute atomic E-state index is 11.7. The summed E-state index contributed by atoms with van der Waals surface area (Å²) in [6.07, 6.45) is 3.38. The number of aromatic nitrogens is 4. The number of amides is 2. The fourth-order valence-corrected chi connectivity index (χ4v) is 1.61. The van der Waals surface area contributed by atoms with Crippen molar-refractivity contribution in [3.63, 3.8) is 0 Å². The van der Waals surface area contributed by atoms with Crippen LogP contribution in [0.4, 0.5) is 16.3 Å². The summed E-state index contributed by atoms with van der Waals surface area (Å²) in [6.45, 7) is 4.62. The quantitative estimate of drug-likeness (QED) is 0.866. The number of carbonyl (C=O) groups excluding carboxylic acids is 1. The molecular formula is C11H16N6O. The SMILES string of the molecule is CCn1cc(NC(=O)Nc2cc(C)nn2C)cn1. The van der Waals surface area contributed by atoms with E-state index in [1.165, 1.54) is 0 Å². The Hall–Kier alpha value is -2.31. The van der Waals surface area contributed by atoms with Gasteiger partial charge in [0.15, 0.2) is 0 Å². The molecule has 2 N–H and O–H groups in total. The summed E-state index contributed by atoms with van der Waals surface area (Å²) in [4.78, 5) is 11.7. The van der Waals surface area contributed by atoms with Gasteiger partial charge in [-0.3, -0.25) is 14.7 Å². The number of nitrogens with zero attached hydrogens (tertiary/aromatic N) is 4. The zero-order valence-electron chi connectivity index (χ0n) is 10.6. The molecule has 96 valence electrons. The van der Waals surface area contributed by atoms with Gasteiger partial charge in [-0.2, -0.15) is 10.2 Å². The van der Waals surface area contributed by atoms with E-state index in [-0.39, 0.29) is 6.03 Å². The lowest BCUT2D eigenvalue weighted by Crippen LogP contribution is -2.20. The monoisotopic (exact) mass is 248 g/mol. The van der Waals surface area contributed by atoms with Gasteiger partial charge in [-0.05, 0) is 13.8 Å². The van der Waals surface area contributed by atoms with Gasteiger partial charge in [-0.15, -0.1) is 0 Å². The predicted octanol–water partition coefficient (Wildman–Crippen LogP) is 1.59. The molecule has 0 spiro atoms. The summed E-state index contributed by atoms with van der Waals surface area (Å²) in [5, 5.41) is 13.6. The van der Waals surface area contributed by atoms with E-state index in [0.29, 0.717) is 11.5 Å². The third kappa shape index (κ3) is 2.68. The summed E-state index contributed by atoms with van der Waals surface area (Å²) in [7, 11) is 1.78. The van der Waals surface area contributed by atoms with Gasteiger partial charge in [0.05, 0.1) is 17.6 Å². The molecule has 2 rings (SSSR count). The molecule has 0 saturated carbocycles. The molecule has 7 nitrogen and oxygen atoms in total. The van der Waals surface area contributed by atoms with Gasteiger partial charge in [0.2, 0.25) is 0 Å². The highest BCUT2D eigenvalue weighted by Crippen LogP contribution is 2.09. The second-order valence-corrected chi connectivity index (χ2v) is 3.96. The second-order valence-electron chi connectivity index (χ2n) is 3.96. The second kappa shape index (κ2) is 4.91. The van der Waals surface area contributed by atoms with Crippen molar-refractivity contribution < 1.29 is 4.79 Å². The van der Waals surface area contributed by atoms with E-state index < -0.39 is 0 Å². The van der Waals surface area contributed by atoms with Crippen molar-refractivity contribution in [2.45, 2.75) is 20.4 Å². The summed E-state index contributed by atoms with van der Waals surface area (Å²) in [5.41, 5.74) is 1.51. The molecule has 0 atom stereocenters. The molecular weight excluding hydrogens is 232 g/mol. The van der Waals surface area contributed by atoms with Crippen LogP contribution < -0.4 is 10.6 Å². The van der Waals surface area contributed by atoms with E-state index in [4.69, 9.17) is 0 Å². The van der Waals surface area contributed by atoms with Crippen LogP contribution in [-0.4, -0.2) is 25.6 Å². The molecule has 0 unspecified atom stereocenters. The molecule has 2 heterocycles. The molecule has 0 bridgehead atoms. The van der Waals surface area contributed by atoms with E-state index in [1.54, 1.807) is 34.9 Å². The highest BCUT2D eigenvalue weighted by molar-refractivity contribution is 5.99. The number of hydrogen-bond acceptors (Lipinski definition) is 3. The predicted molar refractivity (Wildman–Crippen MR) is 68.5 cm³/mol. The molecule has 2 aromatic rings. The minimum absolute atomic E-state index is 0.311. The molecule has 0 radical (unpaired) electrons. The van der Waals surface area contributed by atoms with Crippen molar-refractivity contribution in [1.82, 2.24) is 19.6 Å². The summed E-state index contributed by atoms with van der Waals surface area (Å²) in [5.74, 6) is 0.646. The molecule has 2 aromatic heterocycles. The lowest BCUT2D eigenvalue weighted by atomic mass is 10.5. The standard InChI is InChI=1S/C11H16N6O/c1-4-17-7-9(6-12-17)13-11(18)14-10-5-8(2)15-16(10)3/h5-7H,4H2,1-3H3,(H2,13,14,18). The molecule has 0 saturated heterocycles. The lowest BCUT2D eigenvalue weighted by Gasteiger charge is -2.05. The van der Waals surface area contributed by atoms with Crippen LogP contribution >= 0.6 is 0 Å². The van der Waals surface area contributed by atoms with E-state index >= 15 is 0 Å². The van der Waals surface area contributed by atoms with Gasteiger partial charge >= 0.3 is 6.03 Å². The summed E-state index contributed by atoms with van der Waals surface area (Å²) in [6, 6.07) is 1.49. The Labute approximate surface area is 105 Å². The van der Waals surface area contributed by atoms with Crippen molar-refractivity contribution in [3.05, 3.63) is 24.2 Å². The number of carbonyl (C=O) groups is 1. The zero-order valence-corrected chi connectivity index (χ0v) is 10.6. The topological polar surface area (TPSA) is 76.8 Å². The Morgan fingerprint density at radius 3 is 2.78 bits per heavy atom. The molecule has 2 amide bonds. The van der Waals surface area contributed by atoms with E-state index in [2.05, 4.69) is 20.8 Å². The largest absolute Gasteiger partial charge is 0.324 e. The van der Waals surface area contributed by atoms with Crippen molar-refractivity contribution >= 4 is 17.5 Å². The molecule has 18 heavy (non-hydrogen) atoms. The third-order valence-corrected chi connectivity index (χ3v) is 2.46. The summed E-state index contributed by atoms with van der Waals surface area (Å²) < 4.78 is 3.36. The first kappa shape index (κ1) is 12.2. The molecule has 0 aliphatic rings. The Balaban J connectivity index is 1.98. The van der Waals surface area contributed by atoms with Gasteiger partial charge in [-0.1, -0.05) is 0 Å². The highest BCUT2D eigenvalue weighted by atomic mass is 16.2. The number of anilines is 2. The van der Waals surface area contributed by atoms with Crippen LogP contribution in [0.3, 0.4) is 0 Å². The first-order valence-electron chi connectivity index (χ1n) is 5.69. The normalized spacial score (nSPS) is 10.4. The van der Waals surface area contributed by atoms with Crippen LogP contribution in [0.25, 0.3) is 0 Å². The number of rotatable bonds is 3. The van der Waals surface area contributed by atoms with E-state index in [9.17, 15) is 4.79 Å². The van der Waals surface area contributed by atoms with Gasteiger partial charge in [0.25, 0.3) is 0 Å². The van der Waals surface area contributed by atoms with Crippen LogP contribution in [-0.2, 0) is 13.6 Å². The van der Waals surface area contributed by atoms with Crippen molar-refractivity contribution in [2.24, 2.45) is 7.05 Å². The summed E-state index contributed by atoms with van der Waals surface area (Å²) >= 11 is 0. The number of urea groups is 1. The molecule has 0 aliphatic carbocycles. The van der Waals surface area contributed by atoms with Gasteiger partial charge in [0, 0.05) is 25.9 Å². The fourth-order valence-electron chi connectivity index (χ4n) is 1.61. The van der Waals surface area contributed by atoms with Crippen LogP contribution in [0.5, 0.6) is 0 Å². The average Bonchev–Trinajstić information content (AvgIpc) is 2.86. The highest BCUT2D eigenvalue weighted by Gasteiger charge is 2.07. The Morgan fingerprint density at radius 2 is 2.22 bits per heavy atom. The van der Waals surface area contributed by atoms with E-state index in [1.807, 2.05) is 13.8 Å². The third-order valence-electron chi connectivity index (χ3n) is 2.46.